The van der Waals surface area contributed by atoms with E-state index >= 15 is 0 Å². The molecule has 0 saturated carbocycles. The molecule has 1 aromatic carbocycles. The normalized spacial score (nSPS) is 12.3. The number of carbonyl (C=O) groups excluding carboxylic acids is 1. The van der Waals surface area contributed by atoms with E-state index in [2.05, 4.69) is 5.32 Å². The van der Waals surface area contributed by atoms with Gasteiger partial charge in [0.2, 0.25) is 0 Å². The van der Waals surface area contributed by atoms with Gasteiger partial charge in [0, 0.05) is 23.2 Å². The molecule has 3 N–H and O–H groups in total. The van der Waals surface area contributed by atoms with Crippen LogP contribution in [0.15, 0.2) is 18.2 Å². The van der Waals surface area contributed by atoms with Crippen molar-refractivity contribution in [3.63, 3.8) is 0 Å². The number of benzene rings is 1. The number of hydrogen-bond acceptors (Lipinski definition) is 2. The third-order valence-corrected chi connectivity index (χ3v) is 2.43. The fraction of sp³-hybridized carbons (Fsp3) is 0.364. The average molecular weight is 227 g/mol. The second kappa shape index (κ2) is 5.14. The first-order chi connectivity index (χ1) is 7.00. The molecule has 0 heterocycles. The molecule has 1 rings (SSSR count). The number of aryl methyl sites for hydroxylation is 1. The summed E-state index contributed by atoms with van der Waals surface area (Å²) in [6.45, 7) is 4.18. The van der Waals surface area contributed by atoms with Crippen molar-refractivity contribution in [1.82, 2.24) is 5.32 Å². The molecule has 0 aromatic heterocycles. The number of hydrogen-bond donors (Lipinski definition) is 2. The van der Waals surface area contributed by atoms with E-state index in [1.54, 1.807) is 18.2 Å². The molecular weight excluding hydrogens is 212 g/mol. The smallest absolute Gasteiger partial charge is 0.251 e. The zero-order valence-corrected chi connectivity index (χ0v) is 9.64. The van der Waals surface area contributed by atoms with Gasteiger partial charge in [-0.1, -0.05) is 11.6 Å². The maximum atomic E-state index is 11.6. The van der Waals surface area contributed by atoms with E-state index in [9.17, 15) is 4.79 Å². The summed E-state index contributed by atoms with van der Waals surface area (Å²) in [6.07, 6.45) is 0. The third kappa shape index (κ3) is 3.53. The van der Waals surface area contributed by atoms with Crippen LogP contribution in [0.25, 0.3) is 0 Å². The van der Waals surface area contributed by atoms with Gasteiger partial charge in [-0.05, 0) is 37.6 Å². The Hall–Kier alpha value is -1.06. The highest BCUT2D eigenvalue weighted by molar-refractivity contribution is 6.31. The molecule has 0 bridgehead atoms. The van der Waals surface area contributed by atoms with Crippen LogP contribution in [0.5, 0.6) is 0 Å². The van der Waals surface area contributed by atoms with Crippen LogP contribution in [0.1, 0.15) is 22.8 Å². The summed E-state index contributed by atoms with van der Waals surface area (Å²) in [5.74, 6) is -0.118. The van der Waals surface area contributed by atoms with Gasteiger partial charge in [0.15, 0.2) is 0 Å². The van der Waals surface area contributed by atoms with Crippen molar-refractivity contribution < 1.29 is 4.79 Å². The summed E-state index contributed by atoms with van der Waals surface area (Å²) in [5.41, 5.74) is 7.04. The highest BCUT2D eigenvalue weighted by atomic mass is 35.5. The number of nitrogens with one attached hydrogen (secondary N) is 1. The maximum Gasteiger partial charge on any atom is 0.251 e. The van der Waals surface area contributed by atoms with Crippen LogP contribution in [0, 0.1) is 6.92 Å². The van der Waals surface area contributed by atoms with Gasteiger partial charge in [-0.2, -0.15) is 0 Å². The van der Waals surface area contributed by atoms with Gasteiger partial charge < -0.3 is 11.1 Å². The summed E-state index contributed by atoms with van der Waals surface area (Å²) in [7, 11) is 0. The predicted molar refractivity (Wildman–Crippen MR) is 62.2 cm³/mol. The molecule has 0 saturated heterocycles. The first-order valence-corrected chi connectivity index (χ1v) is 5.18. The number of carbonyl (C=O) groups is 1. The zero-order valence-electron chi connectivity index (χ0n) is 8.88. The molecule has 0 aliphatic heterocycles. The highest BCUT2D eigenvalue weighted by Crippen LogP contribution is 2.16. The SMILES string of the molecule is Cc1cc(C(=O)NCC(C)N)ccc1Cl. The lowest BCUT2D eigenvalue weighted by molar-refractivity contribution is 0.0951. The van der Waals surface area contributed by atoms with Gasteiger partial charge >= 0.3 is 0 Å². The summed E-state index contributed by atoms with van der Waals surface area (Å²) in [4.78, 5) is 11.6. The standard InChI is InChI=1S/C11H15ClN2O/c1-7-5-9(3-4-10(7)12)11(15)14-6-8(2)13/h3-5,8H,6,13H2,1-2H3,(H,14,15). The minimum Gasteiger partial charge on any atom is -0.350 e. The molecule has 0 aliphatic carbocycles. The van der Waals surface area contributed by atoms with E-state index in [4.69, 9.17) is 17.3 Å². The second-order valence-electron chi connectivity index (χ2n) is 3.65. The van der Waals surface area contributed by atoms with Crippen LogP contribution in [0.4, 0.5) is 0 Å². The summed E-state index contributed by atoms with van der Waals surface area (Å²) >= 11 is 5.86. The number of amides is 1. The zero-order chi connectivity index (χ0) is 11.4. The Morgan fingerprint density at radius 1 is 1.60 bits per heavy atom. The van der Waals surface area contributed by atoms with Crippen molar-refractivity contribution in [3.05, 3.63) is 34.3 Å². The molecule has 0 aliphatic rings. The van der Waals surface area contributed by atoms with Gasteiger partial charge in [-0.3, -0.25) is 4.79 Å². The maximum absolute atomic E-state index is 11.6. The Labute approximate surface area is 94.6 Å². The van der Waals surface area contributed by atoms with Crippen molar-refractivity contribution in [2.45, 2.75) is 19.9 Å². The highest BCUT2D eigenvalue weighted by Gasteiger charge is 2.06. The Bertz CT molecular complexity index is 364. The largest absolute Gasteiger partial charge is 0.350 e. The number of halogens is 1. The Kier molecular flexibility index (Phi) is 4.12. The van der Waals surface area contributed by atoms with E-state index in [0.717, 1.165) is 5.56 Å². The van der Waals surface area contributed by atoms with Crippen molar-refractivity contribution in [2.24, 2.45) is 5.73 Å². The van der Waals surface area contributed by atoms with Crippen LogP contribution < -0.4 is 11.1 Å². The molecule has 0 radical (unpaired) electrons. The fourth-order valence-corrected chi connectivity index (χ4v) is 1.26. The van der Waals surface area contributed by atoms with Crippen LogP contribution >= 0.6 is 11.6 Å². The van der Waals surface area contributed by atoms with Crippen molar-refractivity contribution in [2.75, 3.05) is 6.54 Å². The molecule has 1 amide bonds. The summed E-state index contributed by atoms with van der Waals surface area (Å²) in [6, 6.07) is 5.14. The molecule has 4 heteroatoms. The minimum atomic E-state index is -0.118. The summed E-state index contributed by atoms with van der Waals surface area (Å²) in [5, 5.41) is 3.40. The van der Waals surface area contributed by atoms with Gasteiger partial charge in [-0.15, -0.1) is 0 Å². The van der Waals surface area contributed by atoms with Gasteiger partial charge in [0.25, 0.3) is 5.91 Å². The van der Waals surface area contributed by atoms with Gasteiger partial charge in [-0.25, -0.2) is 0 Å². The van der Waals surface area contributed by atoms with E-state index in [0.29, 0.717) is 17.1 Å². The van der Waals surface area contributed by atoms with E-state index in [1.807, 2.05) is 13.8 Å². The molecule has 82 valence electrons. The fourth-order valence-electron chi connectivity index (χ4n) is 1.14. The van der Waals surface area contributed by atoms with E-state index in [-0.39, 0.29) is 11.9 Å². The summed E-state index contributed by atoms with van der Waals surface area (Å²) < 4.78 is 0. The third-order valence-electron chi connectivity index (χ3n) is 2.00. The molecule has 1 unspecified atom stereocenters. The lowest BCUT2D eigenvalue weighted by Crippen LogP contribution is -2.35. The molecule has 0 fully saturated rings. The van der Waals surface area contributed by atoms with Crippen LogP contribution in [0.2, 0.25) is 5.02 Å². The first kappa shape index (κ1) is 12.0. The quantitative estimate of drug-likeness (QED) is 0.825. The van der Waals surface area contributed by atoms with Crippen molar-refractivity contribution >= 4 is 17.5 Å². The first-order valence-electron chi connectivity index (χ1n) is 4.80. The Balaban J connectivity index is 2.70. The number of nitrogens with two attached hydrogens (primary N) is 1. The van der Waals surface area contributed by atoms with Crippen molar-refractivity contribution in [1.29, 1.82) is 0 Å². The molecular formula is C11H15ClN2O. The molecule has 1 aromatic rings. The monoisotopic (exact) mass is 226 g/mol. The van der Waals surface area contributed by atoms with Crippen LogP contribution in [-0.2, 0) is 0 Å². The number of rotatable bonds is 3. The topological polar surface area (TPSA) is 55.1 Å². The van der Waals surface area contributed by atoms with Crippen LogP contribution in [0.3, 0.4) is 0 Å². The molecule has 1 atom stereocenters. The molecule has 0 spiro atoms. The molecule has 15 heavy (non-hydrogen) atoms. The average Bonchev–Trinajstić information content (AvgIpc) is 2.18. The van der Waals surface area contributed by atoms with E-state index in [1.165, 1.54) is 0 Å². The Morgan fingerprint density at radius 3 is 2.80 bits per heavy atom. The van der Waals surface area contributed by atoms with E-state index < -0.39 is 0 Å². The lowest BCUT2D eigenvalue weighted by atomic mass is 10.1. The van der Waals surface area contributed by atoms with Gasteiger partial charge in [0.05, 0.1) is 0 Å². The van der Waals surface area contributed by atoms with Crippen molar-refractivity contribution in [3.8, 4) is 0 Å². The predicted octanol–water partition coefficient (Wildman–Crippen LogP) is 1.73. The second-order valence-corrected chi connectivity index (χ2v) is 4.06. The van der Waals surface area contributed by atoms with Gasteiger partial charge in [0.1, 0.15) is 0 Å². The lowest BCUT2D eigenvalue weighted by Gasteiger charge is -2.08. The van der Waals surface area contributed by atoms with Crippen LogP contribution in [-0.4, -0.2) is 18.5 Å². The molecule has 3 nitrogen and oxygen atoms in total. The Morgan fingerprint density at radius 2 is 2.27 bits per heavy atom. The minimum absolute atomic E-state index is 0.0395.